The van der Waals surface area contributed by atoms with Crippen LogP contribution in [0.15, 0.2) is 0 Å². The van der Waals surface area contributed by atoms with Crippen LogP contribution in [0, 0.1) is 0 Å². The number of rotatable bonds is 18. The molecule has 0 aromatic carbocycles. The molecule has 11 heteroatoms. The summed E-state index contributed by atoms with van der Waals surface area (Å²) in [6.45, 7) is 9.91. The van der Waals surface area contributed by atoms with Gasteiger partial charge in [0.05, 0.1) is 81.0 Å². The van der Waals surface area contributed by atoms with Crippen molar-refractivity contribution in [1.29, 1.82) is 0 Å². The van der Waals surface area contributed by atoms with E-state index in [4.69, 9.17) is 43.4 Å². The van der Waals surface area contributed by atoms with E-state index in [1.54, 1.807) is 28.4 Å². The molecule has 0 spiro atoms. The van der Waals surface area contributed by atoms with E-state index in [0.717, 1.165) is 61.6 Å². The number of hydrogen-bond acceptors (Lipinski definition) is 9. The van der Waals surface area contributed by atoms with Crippen molar-refractivity contribution < 1.29 is 52.4 Å². The first kappa shape index (κ1) is 35.5. The van der Waals surface area contributed by atoms with Crippen molar-refractivity contribution in [2.24, 2.45) is 0 Å². The average molecular weight is 473 g/mol. The Hall–Kier alpha value is -1.05. The number of hydrogen-bond donors (Lipinski definition) is 0. The lowest BCUT2D eigenvalue weighted by Gasteiger charge is -2.29. The van der Waals surface area contributed by atoms with Gasteiger partial charge >= 0.3 is 0 Å². The summed E-state index contributed by atoms with van der Waals surface area (Å²) in [5.41, 5.74) is 0. The molecule has 0 unspecified atom stereocenters. The number of nitrogens with zero attached hydrogens (tertiary/aromatic N) is 2. The molecule has 32 heavy (non-hydrogen) atoms. The third-order valence-electron chi connectivity index (χ3n) is 4.35. The molecule has 0 aliphatic carbocycles. The van der Waals surface area contributed by atoms with Gasteiger partial charge in [0.2, 0.25) is 0 Å². The maximum absolute atomic E-state index is 8.33. The summed E-state index contributed by atoms with van der Waals surface area (Å²) in [5, 5.41) is 16.7. The lowest BCUT2D eigenvalue weighted by molar-refractivity contribution is -0.891. The topological polar surface area (TPSA) is 119 Å². The minimum atomic E-state index is -2.33. The van der Waals surface area contributed by atoms with Gasteiger partial charge in [0.1, 0.15) is 26.2 Å². The maximum atomic E-state index is 8.33. The summed E-state index contributed by atoms with van der Waals surface area (Å²) in [5.74, 6) is 0. The number of carbonyl (C=O) groups is 1. The monoisotopic (exact) mass is 472 g/mol. The summed E-state index contributed by atoms with van der Waals surface area (Å²) < 4.78 is 32.5. The fourth-order valence-electron chi connectivity index (χ4n) is 2.01. The van der Waals surface area contributed by atoms with Crippen LogP contribution in [0.25, 0.3) is 0 Å². The Labute approximate surface area is 194 Å². The van der Waals surface area contributed by atoms with Crippen molar-refractivity contribution in [3.05, 3.63) is 0 Å². The number of methoxy groups -OCH3 is 4. The second-order valence-corrected chi connectivity index (χ2v) is 8.21. The normalized spacial score (nSPS) is 11.2. The summed E-state index contributed by atoms with van der Waals surface area (Å²) in [6, 6.07) is 0. The van der Waals surface area contributed by atoms with Gasteiger partial charge in [-0.2, -0.15) is 0 Å². The molecule has 0 rings (SSSR count). The van der Waals surface area contributed by atoms with Gasteiger partial charge in [-0.1, -0.05) is 0 Å². The Balaban J connectivity index is -0.000000450. The van der Waals surface area contributed by atoms with E-state index in [-0.39, 0.29) is 0 Å². The molecule has 0 aliphatic heterocycles. The summed E-state index contributed by atoms with van der Waals surface area (Å²) in [6.07, 6.45) is -2.33. The van der Waals surface area contributed by atoms with Gasteiger partial charge in [-0.3, -0.25) is 0 Å². The largest absolute Gasteiger partial charge is 0.652 e. The molecule has 0 amide bonds. The van der Waals surface area contributed by atoms with E-state index < -0.39 is 6.16 Å². The lowest BCUT2D eigenvalue weighted by atomic mass is 10.4. The predicted octanol–water partition coefficient (Wildman–Crippen LogP) is -1.70. The van der Waals surface area contributed by atoms with Crippen LogP contribution in [0.2, 0.25) is 0 Å². The Morgan fingerprint density at radius 3 is 1.03 bits per heavy atom. The average Bonchev–Trinajstić information content (AvgIpc) is 2.70. The van der Waals surface area contributed by atoms with Crippen LogP contribution in [-0.2, 0) is 28.4 Å². The van der Waals surface area contributed by atoms with Crippen LogP contribution in [-0.4, -0.2) is 151 Å². The van der Waals surface area contributed by atoms with Crippen molar-refractivity contribution in [3.8, 4) is 0 Å². The lowest BCUT2D eigenvalue weighted by Crippen LogP contribution is -2.44. The maximum Gasteiger partial charge on any atom is 0.102 e. The van der Waals surface area contributed by atoms with Crippen LogP contribution in [0.3, 0.4) is 0 Å². The molecule has 0 fully saturated rings. The van der Waals surface area contributed by atoms with Gasteiger partial charge < -0.3 is 52.4 Å². The number of carbonyl (C=O) groups excluding carboxylic acids is 1. The van der Waals surface area contributed by atoms with Gasteiger partial charge in [0.25, 0.3) is 0 Å². The van der Waals surface area contributed by atoms with Gasteiger partial charge in [0.15, 0.2) is 0 Å². The fourth-order valence-corrected chi connectivity index (χ4v) is 2.01. The summed E-state index contributed by atoms with van der Waals surface area (Å²) in [4.78, 5) is 8.33. The highest BCUT2D eigenvalue weighted by molar-refractivity contribution is 5.47. The molecule has 11 nitrogen and oxygen atoms in total. The van der Waals surface area contributed by atoms with E-state index in [2.05, 4.69) is 28.2 Å². The van der Waals surface area contributed by atoms with Gasteiger partial charge in [0, 0.05) is 28.4 Å². The number of quaternary nitrogens is 2. The predicted molar refractivity (Wildman–Crippen MR) is 118 cm³/mol. The molecule has 0 N–H and O–H groups in total. The van der Waals surface area contributed by atoms with Crippen molar-refractivity contribution in [2.75, 3.05) is 136 Å². The van der Waals surface area contributed by atoms with Crippen molar-refractivity contribution in [3.63, 3.8) is 0 Å². The second kappa shape index (κ2) is 24.6. The highest BCUT2D eigenvalue weighted by Crippen LogP contribution is 1.97. The van der Waals surface area contributed by atoms with Crippen LogP contribution >= 0.6 is 0 Å². The molecule has 0 bridgehead atoms. The quantitative estimate of drug-likeness (QED) is 0.170. The first-order chi connectivity index (χ1) is 15.0. The van der Waals surface area contributed by atoms with E-state index in [1.165, 1.54) is 0 Å². The fraction of sp³-hybridized carbons (Fsp3) is 0.952. The number of likely N-dealkylation sites (N-methyl/N-ethyl adjacent to an activating group) is 2. The van der Waals surface area contributed by atoms with Crippen LogP contribution < -0.4 is 10.2 Å². The van der Waals surface area contributed by atoms with Gasteiger partial charge in [-0.15, -0.1) is 0 Å². The molecule has 196 valence electrons. The summed E-state index contributed by atoms with van der Waals surface area (Å²) >= 11 is 0. The third kappa shape index (κ3) is 36.3. The van der Waals surface area contributed by atoms with Gasteiger partial charge in [-0.25, -0.2) is 0 Å². The molecular weight excluding hydrogens is 424 g/mol. The second-order valence-electron chi connectivity index (χ2n) is 8.21. The minimum absolute atomic E-state index is 0.672. The number of ether oxygens (including phenoxy) is 6. The zero-order valence-corrected chi connectivity index (χ0v) is 21.6. The van der Waals surface area contributed by atoms with E-state index in [0.29, 0.717) is 26.4 Å². The first-order valence-corrected chi connectivity index (χ1v) is 10.6. The standard InChI is InChI=1S/2C10H24NO3.CH2O3/c2*1-11(2,5-7-12-3)6-8-14-10-9-13-4;2-1(3)4/h2*5-10H2,1-4H3;(H2,2,3,4)/q2*+1;/p-2. The Morgan fingerprint density at radius 2 is 0.781 bits per heavy atom. The Bertz CT molecular complexity index is 363. The van der Waals surface area contributed by atoms with E-state index >= 15 is 0 Å². The minimum Gasteiger partial charge on any atom is -0.652 e. The molecule has 0 aliphatic rings. The molecule has 0 saturated carbocycles. The van der Waals surface area contributed by atoms with Crippen molar-refractivity contribution >= 4 is 6.16 Å². The SMILES string of the molecule is COCCOCC[N+](C)(C)CCOC.COCCOCC[N+](C)(C)CCOC.O=C([O-])[O-]. The van der Waals surface area contributed by atoms with Crippen LogP contribution in [0.5, 0.6) is 0 Å². The summed E-state index contributed by atoms with van der Waals surface area (Å²) in [7, 11) is 15.5. The van der Waals surface area contributed by atoms with Crippen LogP contribution in [0.4, 0.5) is 4.79 Å². The molecule has 0 radical (unpaired) electrons. The highest BCUT2D eigenvalue weighted by Gasteiger charge is 2.14. The molecule has 0 atom stereocenters. The Morgan fingerprint density at radius 1 is 0.531 bits per heavy atom. The zero-order chi connectivity index (χ0) is 25.3. The number of carboxylic acid groups (broad SMARTS) is 2. The molecular formula is C21H48N2O9. The molecule has 0 aromatic rings. The molecule has 0 saturated heterocycles. The van der Waals surface area contributed by atoms with Gasteiger partial charge in [-0.05, 0) is 6.16 Å². The zero-order valence-electron chi connectivity index (χ0n) is 21.6. The van der Waals surface area contributed by atoms with E-state index in [1.807, 2.05) is 0 Å². The molecule has 0 heterocycles. The smallest absolute Gasteiger partial charge is 0.102 e. The van der Waals surface area contributed by atoms with Crippen LogP contribution in [0.1, 0.15) is 0 Å². The van der Waals surface area contributed by atoms with Crippen molar-refractivity contribution in [1.82, 2.24) is 0 Å². The first-order valence-electron chi connectivity index (χ1n) is 10.6. The Kier molecular flexibility index (Phi) is 27.3. The highest BCUT2D eigenvalue weighted by atomic mass is 16.6. The third-order valence-corrected chi connectivity index (χ3v) is 4.35. The van der Waals surface area contributed by atoms with Crippen molar-refractivity contribution in [2.45, 2.75) is 0 Å². The molecule has 0 aromatic heterocycles. The van der Waals surface area contributed by atoms with E-state index in [9.17, 15) is 0 Å².